The van der Waals surface area contributed by atoms with Crippen molar-refractivity contribution in [1.82, 2.24) is 19.6 Å². The summed E-state index contributed by atoms with van der Waals surface area (Å²) in [4.78, 5) is 17.8. The Balaban J connectivity index is 1.22. The van der Waals surface area contributed by atoms with Crippen LogP contribution >= 0.6 is 11.6 Å². The standard InChI is InChI=1S/C28H24ClFN4O3/c29-20-4-3-5-21(15-20)34-25(16-24(31-34)22-6-1-2-7-23(22)30)28(35)33-12-10-32(11-13-33)17-19-8-9-26-27(14-19)37-18-36-26/h1-9,14-16H,10-13,17-18H2. The van der Waals surface area contributed by atoms with E-state index in [9.17, 15) is 9.18 Å². The second kappa shape index (κ2) is 9.88. The topological polar surface area (TPSA) is 59.8 Å². The van der Waals surface area contributed by atoms with Crippen LogP contribution in [-0.4, -0.2) is 58.5 Å². The van der Waals surface area contributed by atoms with Crippen LogP contribution in [0.15, 0.2) is 72.8 Å². The number of amides is 1. The van der Waals surface area contributed by atoms with Gasteiger partial charge in [0.25, 0.3) is 5.91 Å². The molecule has 6 rings (SSSR count). The summed E-state index contributed by atoms with van der Waals surface area (Å²) in [5.41, 5.74) is 2.87. The Hall–Kier alpha value is -3.88. The highest BCUT2D eigenvalue weighted by atomic mass is 35.5. The van der Waals surface area contributed by atoms with Crippen LogP contribution in [0.5, 0.6) is 11.5 Å². The summed E-state index contributed by atoms with van der Waals surface area (Å²) < 4.78 is 27.0. The van der Waals surface area contributed by atoms with Crippen molar-refractivity contribution in [3.8, 4) is 28.4 Å². The van der Waals surface area contributed by atoms with Gasteiger partial charge in [-0.15, -0.1) is 0 Å². The van der Waals surface area contributed by atoms with E-state index >= 15 is 0 Å². The highest BCUT2D eigenvalue weighted by Gasteiger charge is 2.27. The molecule has 3 heterocycles. The van der Waals surface area contributed by atoms with E-state index in [0.29, 0.717) is 40.8 Å². The molecule has 0 radical (unpaired) electrons. The summed E-state index contributed by atoms with van der Waals surface area (Å²) in [6.07, 6.45) is 0. The smallest absolute Gasteiger partial charge is 0.272 e. The lowest BCUT2D eigenvalue weighted by molar-refractivity contribution is 0.0619. The van der Waals surface area contributed by atoms with E-state index in [-0.39, 0.29) is 12.7 Å². The number of hydrogen-bond acceptors (Lipinski definition) is 5. The van der Waals surface area contributed by atoms with Crippen molar-refractivity contribution in [2.75, 3.05) is 33.0 Å². The molecule has 0 aliphatic carbocycles. The number of halogens is 2. The van der Waals surface area contributed by atoms with Crippen molar-refractivity contribution in [2.45, 2.75) is 6.54 Å². The molecule has 9 heteroatoms. The number of fused-ring (bicyclic) bond motifs is 1. The van der Waals surface area contributed by atoms with E-state index in [1.54, 1.807) is 47.1 Å². The molecule has 7 nitrogen and oxygen atoms in total. The van der Waals surface area contributed by atoms with Crippen molar-refractivity contribution in [2.24, 2.45) is 0 Å². The Bertz CT molecular complexity index is 1470. The molecule has 37 heavy (non-hydrogen) atoms. The number of rotatable bonds is 5. The van der Waals surface area contributed by atoms with E-state index in [4.69, 9.17) is 21.1 Å². The number of ether oxygens (including phenoxy) is 2. The molecule has 0 atom stereocenters. The average molecular weight is 519 g/mol. The fourth-order valence-corrected chi connectivity index (χ4v) is 4.89. The molecule has 188 valence electrons. The summed E-state index contributed by atoms with van der Waals surface area (Å²) in [5.74, 6) is 0.989. The lowest BCUT2D eigenvalue weighted by atomic mass is 10.1. The molecule has 2 aliphatic heterocycles. The molecule has 0 spiro atoms. The molecule has 0 saturated carbocycles. The zero-order valence-electron chi connectivity index (χ0n) is 19.9. The van der Waals surface area contributed by atoms with Crippen LogP contribution in [0.3, 0.4) is 0 Å². The van der Waals surface area contributed by atoms with Crippen LogP contribution in [0, 0.1) is 5.82 Å². The summed E-state index contributed by atoms with van der Waals surface area (Å²) in [5, 5.41) is 5.13. The van der Waals surface area contributed by atoms with Crippen LogP contribution < -0.4 is 9.47 Å². The summed E-state index contributed by atoms with van der Waals surface area (Å²) in [6.45, 7) is 3.61. The zero-order chi connectivity index (χ0) is 25.4. The lowest BCUT2D eigenvalue weighted by Crippen LogP contribution is -2.48. The van der Waals surface area contributed by atoms with Crippen LogP contribution in [0.25, 0.3) is 16.9 Å². The molecule has 1 fully saturated rings. The molecule has 0 unspecified atom stereocenters. The molecular formula is C28H24ClFN4O3. The highest BCUT2D eigenvalue weighted by molar-refractivity contribution is 6.30. The monoisotopic (exact) mass is 518 g/mol. The zero-order valence-corrected chi connectivity index (χ0v) is 20.7. The first-order chi connectivity index (χ1) is 18.0. The van der Waals surface area contributed by atoms with Gasteiger partial charge in [0.1, 0.15) is 11.5 Å². The van der Waals surface area contributed by atoms with E-state index in [0.717, 1.165) is 36.7 Å². The van der Waals surface area contributed by atoms with Gasteiger partial charge in [0.05, 0.1) is 11.4 Å². The molecule has 4 aromatic rings. The minimum atomic E-state index is -0.394. The van der Waals surface area contributed by atoms with Gasteiger partial charge in [-0.2, -0.15) is 5.10 Å². The number of aromatic nitrogens is 2. The maximum absolute atomic E-state index is 14.5. The van der Waals surface area contributed by atoms with Crippen molar-refractivity contribution in [3.63, 3.8) is 0 Å². The minimum absolute atomic E-state index is 0.155. The van der Waals surface area contributed by atoms with E-state index < -0.39 is 5.82 Å². The Morgan fingerprint density at radius 1 is 0.919 bits per heavy atom. The Kier molecular flexibility index (Phi) is 6.28. The van der Waals surface area contributed by atoms with Gasteiger partial charge in [-0.1, -0.05) is 35.9 Å². The van der Waals surface area contributed by atoms with Gasteiger partial charge < -0.3 is 14.4 Å². The fourth-order valence-electron chi connectivity index (χ4n) is 4.71. The average Bonchev–Trinajstić information content (AvgIpc) is 3.56. The van der Waals surface area contributed by atoms with Gasteiger partial charge >= 0.3 is 0 Å². The second-order valence-electron chi connectivity index (χ2n) is 9.04. The van der Waals surface area contributed by atoms with Gasteiger partial charge in [0.15, 0.2) is 11.5 Å². The molecule has 1 saturated heterocycles. The minimum Gasteiger partial charge on any atom is -0.454 e. The summed E-state index contributed by atoms with van der Waals surface area (Å²) in [6, 6.07) is 21.2. The molecule has 1 amide bonds. The Morgan fingerprint density at radius 3 is 2.54 bits per heavy atom. The summed E-state index contributed by atoms with van der Waals surface area (Å²) in [7, 11) is 0. The van der Waals surface area contributed by atoms with Crippen molar-refractivity contribution in [1.29, 1.82) is 0 Å². The second-order valence-corrected chi connectivity index (χ2v) is 9.48. The molecule has 0 N–H and O–H groups in total. The van der Waals surface area contributed by atoms with Crippen molar-refractivity contribution in [3.05, 3.63) is 94.9 Å². The SMILES string of the molecule is O=C(c1cc(-c2ccccc2F)nn1-c1cccc(Cl)c1)N1CCN(Cc2ccc3c(c2)OCO3)CC1. The first kappa shape index (κ1) is 23.5. The molecule has 0 bridgehead atoms. The highest BCUT2D eigenvalue weighted by Crippen LogP contribution is 2.33. The van der Waals surface area contributed by atoms with Gasteiger partial charge in [-0.25, -0.2) is 9.07 Å². The van der Waals surface area contributed by atoms with Gasteiger partial charge in [0.2, 0.25) is 6.79 Å². The van der Waals surface area contributed by atoms with E-state index in [1.165, 1.54) is 6.07 Å². The van der Waals surface area contributed by atoms with Gasteiger partial charge in [-0.3, -0.25) is 9.69 Å². The van der Waals surface area contributed by atoms with Crippen molar-refractivity contribution >= 4 is 17.5 Å². The van der Waals surface area contributed by atoms with Gasteiger partial charge in [0, 0.05) is 43.3 Å². The molecule has 3 aromatic carbocycles. The Morgan fingerprint density at radius 2 is 1.73 bits per heavy atom. The number of carbonyl (C=O) groups is 1. The quantitative estimate of drug-likeness (QED) is 0.371. The molecule has 1 aromatic heterocycles. The predicted octanol–water partition coefficient (Wildman–Crippen LogP) is 5.02. The van der Waals surface area contributed by atoms with Crippen LogP contribution in [0.2, 0.25) is 5.02 Å². The fraction of sp³-hybridized carbons (Fsp3) is 0.214. The van der Waals surface area contributed by atoms with Gasteiger partial charge in [-0.05, 0) is 54.1 Å². The molecular weight excluding hydrogens is 495 g/mol. The maximum Gasteiger partial charge on any atom is 0.272 e. The van der Waals surface area contributed by atoms with Crippen LogP contribution in [-0.2, 0) is 6.54 Å². The summed E-state index contributed by atoms with van der Waals surface area (Å²) >= 11 is 6.22. The first-order valence-corrected chi connectivity index (χ1v) is 12.4. The van der Waals surface area contributed by atoms with Crippen molar-refractivity contribution < 1.29 is 18.7 Å². The third-order valence-electron chi connectivity index (χ3n) is 6.63. The largest absolute Gasteiger partial charge is 0.454 e. The number of nitrogens with zero attached hydrogens (tertiary/aromatic N) is 4. The van der Waals surface area contributed by atoms with Crippen LogP contribution in [0.1, 0.15) is 16.1 Å². The van der Waals surface area contributed by atoms with E-state index in [1.807, 2.05) is 29.2 Å². The third kappa shape index (κ3) is 4.77. The maximum atomic E-state index is 14.5. The van der Waals surface area contributed by atoms with E-state index in [2.05, 4.69) is 10.00 Å². The van der Waals surface area contributed by atoms with Crippen LogP contribution in [0.4, 0.5) is 4.39 Å². The number of carbonyl (C=O) groups excluding carboxylic acids is 1. The normalized spacial score (nSPS) is 15.2. The molecule has 2 aliphatic rings. The first-order valence-electron chi connectivity index (χ1n) is 12.1. The number of benzene rings is 3. The third-order valence-corrected chi connectivity index (χ3v) is 6.87. The number of hydrogen-bond donors (Lipinski definition) is 0. The lowest BCUT2D eigenvalue weighted by Gasteiger charge is -2.34. The number of piperazine rings is 1. The predicted molar refractivity (Wildman–Crippen MR) is 138 cm³/mol. The Labute approximate surface area is 218 Å².